The summed E-state index contributed by atoms with van der Waals surface area (Å²) < 4.78 is 5.94. The van der Waals surface area contributed by atoms with Crippen LogP contribution in [0.4, 0.5) is 5.95 Å². The Morgan fingerprint density at radius 3 is 2.94 bits per heavy atom. The summed E-state index contributed by atoms with van der Waals surface area (Å²) in [5.41, 5.74) is 6.02. The third kappa shape index (κ3) is 2.87. The maximum absolute atomic E-state index is 6.02. The third-order valence-corrected chi connectivity index (χ3v) is 3.41. The SMILES string of the molecule is COc1nc(N2CC(C)CC(N)C2)ncc1Br. The quantitative estimate of drug-likeness (QED) is 0.895. The van der Waals surface area contributed by atoms with Crippen LogP contribution in [0, 0.1) is 5.92 Å². The van der Waals surface area contributed by atoms with Gasteiger partial charge in [0, 0.05) is 19.1 Å². The van der Waals surface area contributed by atoms with E-state index in [4.69, 9.17) is 10.5 Å². The van der Waals surface area contributed by atoms with E-state index in [0.29, 0.717) is 17.7 Å². The van der Waals surface area contributed by atoms with E-state index in [9.17, 15) is 0 Å². The number of nitrogens with two attached hydrogens (primary N) is 1. The number of nitrogens with zero attached hydrogens (tertiary/aromatic N) is 3. The Morgan fingerprint density at radius 2 is 2.29 bits per heavy atom. The van der Waals surface area contributed by atoms with Crippen molar-refractivity contribution in [3.63, 3.8) is 0 Å². The average molecular weight is 301 g/mol. The van der Waals surface area contributed by atoms with Crippen molar-refractivity contribution in [1.82, 2.24) is 9.97 Å². The number of rotatable bonds is 2. The predicted molar refractivity (Wildman–Crippen MR) is 70.3 cm³/mol. The summed E-state index contributed by atoms with van der Waals surface area (Å²) in [6, 6.07) is 0.192. The number of hydrogen-bond donors (Lipinski definition) is 1. The second kappa shape index (κ2) is 5.18. The molecule has 1 aromatic rings. The summed E-state index contributed by atoms with van der Waals surface area (Å²) in [6.07, 6.45) is 2.77. The molecule has 1 aromatic heterocycles. The fraction of sp³-hybridized carbons (Fsp3) is 0.636. The molecule has 17 heavy (non-hydrogen) atoms. The number of piperidine rings is 1. The van der Waals surface area contributed by atoms with E-state index in [1.165, 1.54) is 0 Å². The lowest BCUT2D eigenvalue weighted by atomic mass is 9.97. The van der Waals surface area contributed by atoms with Gasteiger partial charge in [0.1, 0.15) is 0 Å². The van der Waals surface area contributed by atoms with Crippen molar-refractivity contribution >= 4 is 21.9 Å². The van der Waals surface area contributed by atoms with Crippen molar-refractivity contribution in [3.8, 4) is 5.88 Å². The molecule has 5 nitrogen and oxygen atoms in total. The predicted octanol–water partition coefficient (Wildman–Crippen LogP) is 1.42. The molecule has 6 heteroatoms. The molecule has 2 rings (SSSR count). The molecule has 0 spiro atoms. The van der Waals surface area contributed by atoms with Gasteiger partial charge >= 0.3 is 0 Å². The summed E-state index contributed by atoms with van der Waals surface area (Å²) in [5.74, 6) is 1.81. The highest BCUT2D eigenvalue weighted by Crippen LogP contribution is 2.25. The molecule has 2 N–H and O–H groups in total. The molecule has 0 amide bonds. The maximum Gasteiger partial charge on any atom is 0.232 e. The topological polar surface area (TPSA) is 64.3 Å². The molecule has 0 aliphatic carbocycles. The van der Waals surface area contributed by atoms with Gasteiger partial charge < -0.3 is 15.4 Å². The molecule has 94 valence electrons. The van der Waals surface area contributed by atoms with Gasteiger partial charge in [0.15, 0.2) is 0 Å². The average Bonchev–Trinajstić information content (AvgIpc) is 2.28. The van der Waals surface area contributed by atoms with Crippen LogP contribution >= 0.6 is 15.9 Å². The number of halogens is 1. The van der Waals surface area contributed by atoms with Crippen molar-refractivity contribution in [1.29, 1.82) is 0 Å². The Labute approximate surface area is 110 Å². The molecule has 2 heterocycles. The number of methoxy groups -OCH3 is 1. The van der Waals surface area contributed by atoms with Crippen LogP contribution in [0.15, 0.2) is 10.7 Å². The van der Waals surface area contributed by atoms with Crippen LogP contribution in [-0.4, -0.2) is 36.2 Å². The lowest BCUT2D eigenvalue weighted by Gasteiger charge is -2.34. The molecule has 1 aliphatic rings. The maximum atomic E-state index is 6.02. The molecule has 1 saturated heterocycles. The van der Waals surface area contributed by atoms with Crippen molar-refractivity contribution in [2.24, 2.45) is 11.7 Å². The minimum Gasteiger partial charge on any atom is -0.480 e. The molecule has 2 unspecified atom stereocenters. The summed E-state index contributed by atoms with van der Waals surface area (Å²) >= 11 is 3.35. The molecule has 0 saturated carbocycles. The van der Waals surface area contributed by atoms with Gasteiger partial charge in [-0.05, 0) is 28.3 Å². The fourth-order valence-electron chi connectivity index (χ4n) is 2.20. The van der Waals surface area contributed by atoms with Crippen LogP contribution in [0.1, 0.15) is 13.3 Å². The highest BCUT2D eigenvalue weighted by molar-refractivity contribution is 9.10. The van der Waals surface area contributed by atoms with E-state index in [1.807, 2.05) is 0 Å². The minimum atomic E-state index is 0.192. The van der Waals surface area contributed by atoms with E-state index in [1.54, 1.807) is 13.3 Å². The number of anilines is 1. The Balaban J connectivity index is 2.21. The fourth-order valence-corrected chi connectivity index (χ4v) is 2.55. The summed E-state index contributed by atoms with van der Waals surface area (Å²) in [4.78, 5) is 10.8. The minimum absolute atomic E-state index is 0.192. The second-order valence-electron chi connectivity index (χ2n) is 4.53. The van der Waals surface area contributed by atoms with E-state index >= 15 is 0 Å². The Morgan fingerprint density at radius 1 is 1.53 bits per heavy atom. The van der Waals surface area contributed by atoms with Gasteiger partial charge in [-0.25, -0.2) is 4.98 Å². The highest BCUT2D eigenvalue weighted by Gasteiger charge is 2.24. The molecule has 1 fully saturated rings. The summed E-state index contributed by atoms with van der Waals surface area (Å²) in [6.45, 7) is 3.94. The molecule has 2 atom stereocenters. The summed E-state index contributed by atoms with van der Waals surface area (Å²) in [5, 5.41) is 0. The molecule has 0 bridgehead atoms. The first-order valence-corrected chi connectivity index (χ1v) is 6.46. The highest BCUT2D eigenvalue weighted by atomic mass is 79.9. The van der Waals surface area contributed by atoms with E-state index in [0.717, 1.165) is 24.0 Å². The van der Waals surface area contributed by atoms with Crippen LogP contribution in [-0.2, 0) is 0 Å². The number of ether oxygens (including phenoxy) is 1. The zero-order valence-electron chi connectivity index (χ0n) is 10.1. The van der Waals surface area contributed by atoms with Gasteiger partial charge in [-0.1, -0.05) is 6.92 Å². The lowest BCUT2D eigenvalue weighted by Crippen LogP contribution is -2.47. The standard InChI is InChI=1S/C11H17BrN4O/c1-7-3-8(13)6-16(5-7)11-14-4-9(12)10(15-11)17-2/h4,7-8H,3,5-6,13H2,1-2H3. The van der Waals surface area contributed by atoms with Crippen molar-refractivity contribution < 1.29 is 4.74 Å². The second-order valence-corrected chi connectivity index (χ2v) is 5.39. The largest absolute Gasteiger partial charge is 0.480 e. The van der Waals surface area contributed by atoms with Crippen LogP contribution < -0.4 is 15.4 Å². The van der Waals surface area contributed by atoms with Crippen LogP contribution in [0.2, 0.25) is 0 Å². The van der Waals surface area contributed by atoms with Gasteiger partial charge in [0.05, 0.1) is 17.8 Å². The van der Waals surface area contributed by atoms with Crippen LogP contribution in [0.5, 0.6) is 5.88 Å². The molecule has 0 aromatic carbocycles. The monoisotopic (exact) mass is 300 g/mol. The van der Waals surface area contributed by atoms with Gasteiger partial charge in [-0.15, -0.1) is 0 Å². The van der Waals surface area contributed by atoms with E-state index in [2.05, 4.69) is 37.7 Å². The first kappa shape index (κ1) is 12.6. The molecule has 1 aliphatic heterocycles. The van der Waals surface area contributed by atoms with Crippen molar-refractivity contribution in [2.45, 2.75) is 19.4 Å². The third-order valence-electron chi connectivity index (χ3n) is 2.87. The number of hydrogen-bond acceptors (Lipinski definition) is 5. The summed E-state index contributed by atoms with van der Waals surface area (Å²) in [7, 11) is 1.60. The van der Waals surface area contributed by atoms with Crippen LogP contribution in [0.25, 0.3) is 0 Å². The van der Waals surface area contributed by atoms with Gasteiger partial charge in [0.2, 0.25) is 11.8 Å². The molecular formula is C11H17BrN4O. The first-order valence-electron chi connectivity index (χ1n) is 5.67. The van der Waals surface area contributed by atoms with Gasteiger partial charge in [0.25, 0.3) is 0 Å². The van der Waals surface area contributed by atoms with Crippen LogP contribution in [0.3, 0.4) is 0 Å². The first-order chi connectivity index (χ1) is 8.10. The van der Waals surface area contributed by atoms with Gasteiger partial charge in [-0.3, -0.25) is 0 Å². The van der Waals surface area contributed by atoms with E-state index < -0.39 is 0 Å². The van der Waals surface area contributed by atoms with E-state index in [-0.39, 0.29) is 6.04 Å². The Bertz CT molecular complexity index is 391. The number of aromatic nitrogens is 2. The zero-order chi connectivity index (χ0) is 12.4. The van der Waals surface area contributed by atoms with Crippen molar-refractivity contribution in [2.75, 3.05) is 25.1 Å². The smallest absolute Gasteiger partial charge is 0.232 e. The normalized spacial score (nSPS) is 24.8. The lowest BCUT2D eigenvalue weighted by molar-refractivity contribution is 0.382. The Hall–Kier alpha value is -0.880. The Kier molecular flexibility index (Phi) is 3.83. The van der Waals surface area contributed by atoms with Gasteiger partial charge in [-0.2, -0.15) is 4.98 Å². The molecule has 0 radical (unpaired) electrons. The molecular weight excluding hydrogens is 284 g/mol. The zero-order valence-corrected chi connectivity index (χ0v) is 11.6. The van der Waals surface area contributed by atoms with Crippen molar-refractivity contribution in [3.05, 3.63) is 10.7 Å².